The van der Waals surface area contributed by atoms with Crippen molar-refractivity contribution in [2.75, 3.05) is 33.3 Å². The molecule has 0 aromatic heterocycles. The van der Waals surface area contributed by atoms with Crippen LogP contribution in [0.25, 0.3) is 0 Å². The van der Waals surface area contributed by atoms with Gasteiger partial charge in [0.25, 0.3) is 0 Å². The Balaban J connectivity index is 1.50. The van der Waals surface area contributed by atoms with Gasteiger partial charge in [0.05, 0.1) is 6.54 Å². The number of ether oxygens (including phenoxy) is 1. The summed E-state index contributed by atoms with van der Waals surface area (Å²) in [6.07, 6.45) is 5.62. The number of benzene rings is 1. The largest absolute Gasteiger partial charge is 0.492 e. The van der Waals surface area contributed by atoms with Crippen LogP contribution >= 0.6 is 0 Å². The molecule has 2 rings (SSSR count). The number of nitrogens with zero attached hydrogens (tertiary/aromatic N) is 1. The zero-order valence-electron chi connectivity index (χ0n) is 15.1. The molecule has 6 heteroatoms. The number of nitrogens with one attached hydrogen (secondary N) is 3. The Morgan fingerprint density at radius 1 is 1.08 bits per heavy atom. The van der Waals surface area contributed by atoms with Gasteiger partial charge in [0.2, 0.25) is 5.91 Å². The molecule has 0 bridgehead atoms. The van der Waals surface area contributed by atoms with Crippen LogP contribution in [0, 0.1) is 5.92 Å². The van der Waals surface area contributed by atoms with Gasteiger partial charge in [-0.2, -0.15) is 0 Å². The number of hydrogen-bond acceptors (Lipinski definition) is 3. The molecule has 0 radical (unpaired) electrons. The van der Waals surface area contributed by atoms with E-state index in [-0.39, 0.29) is 5.91 Å². The number of para-hydroxylation sites is 1. The van der Waals surface area contributed by atoms with E-state index in [1.54, 1.807) is 7.05 Å². The highest BCUT2D eigenvalue weighted by atomic mass is 16.5. The van der Waals surface area contributed by atoms with E-state index in [0.717, 1.165) is 5.75 Å². The zero-order valence-corrected chi connectivity index (χ0v) is 15.1. The molecule has 1 saturated carbocycles. The first-order chi connectivity index (χ1) is 12.3. The summed E-state index contributed by atoms with van der Waals surface area (Å²) in [5.41, 5.74) is 0. The van der Waals surface area contributed by atoms with E-state index in [2.05, 4.69) is 20.9 Å². The lowest BCUT2D eigenvalue weighted by molar-refractivity contribution is -0.121. The topological polar surface area (TPSA) is 74.8 Å². The number of carbonyl (C=O) groups excluding carboxylic acids is 1. The number of rotatable bonds is 9. The normalized spacial score (nSPS) is 15.0. The van der Waals surface area contributed by atoms with Gasteiger partial charge >= 0.3 is 0 Å². The molecule has 0 heterocycles. The van der Waals surface area contributed by atoms with Crippen LogP contribution in [0.2, 0.25) is 0 Å². The minimum atomic E-state index is 0.160. The smallest absolute Gasteiger partial charge is 0.220 e. The van der Waals surface area contributed by atoms with E-state index < -0.39 is 0 Å². The molecule has 0 spiro atoms. The summed E-state index contributed by atoms with van der Waals surface area (Å²) in [6, 6.07) is 9.72. The molecule has 6 nitrogen and oxygen atoms in total. The molecule has 1 amide bonds. The summed E-state index contributed by atoms with van der Waals surface area (Å²) >= 11 is 0. The van der Waals surface area contributed by atoms with Crippen LogP contribution in [0.5, 0.6) is 5.75 Å². The van der Waals surface area contributed by atoms with E-state index in [1.165, 1.54) is 25.7 Å². The average molecular weight is 346 g/mol. The van der Waals surface area contributed by atoms with Gasteiger partial charge in [-0.3, -0.25) is 9.79 Å². The molecule has 138 valence electrons. The minimum absolute atomic E-state index is 0.160. The Bertz CT molecular complexity index is 527. The Labute approximate surface area is 150 Å². The minimum Gasteiger partial charge on any atom is -0.492 e. The second-order valence-electron chi connectivity index (χ2n) is 6.29. The maximum Gasteiger partial charge on any atom is 0.220 e. The lowest BCUT2D eigenvalue weighted by Crippen LogP contribution is -2.42. The van der Waals surface area contributed by atoms with Crippen molar-refractivity contribution >= 4 is 11.9 Å². The summed E-state index contributed by atoms with van der Waals surface area (Å²) in [7, 11) is 1.73. The number of hydrogen-bond donors (Lipinski definition) is 3. The average Bonchev–Trinajstić information content (AvgIpc) is 3.14. The third kappa shape index (κ3) is 7.92. The quantitative estimate of drug-likeness (QED) is 0.363. The summed E-state index contributed by atoms with van der Waals surface area (Å²) in [4.78, 5) is 16.0. The molecule has 0 aliphatic heterocycles. The Morgan fingerprint density at radius 2 is 1.76 bits per heavy atom. The Kier molecular flexibility index (Phi) is 8.66. The SMILES string of the molecule is CN=C(NCCNC(=O)CC1CCCC1)NCCOc1ccccc1. The summed E-state index contributed by atoms with van der Waals surface area (Å²) in [5.74, 6) is 2.32. The molecule has 0 unspecified atom stereocenters. The molecule has 1 aromatic rings. The highest BCUT2D eigenvalue weighted by Crippen LogP contribution is 2.27. The van der Waals surface area contributed by atoms with Crippen LogP contribution in [0.4, 0.5) is 0 Å². The third-order valence-corrected chi connectivity index (χ3v) is 4.32. The zero-order chi connectivity index (χ0) is 17.7. The fourth-order valence-electron chi connectivity index (χ4n) is 3.01. The van der Waals surface area contributed by atoms with Crippen LogP contribution in [0.1, 0.15) is 32.1 Å². The van der Waals surface area contributed by atoms with Gasteiger partial charge in [0.15, 0.2) is 5.96 Å². The van der Waals surface area contributed by atoms with E-state index in [9.17, 15) is 4.79 Å². The van der Waals surface area contributed by atoms with Gasteiger partial charge in [-0.1, -0.05) is 31.0 Å². The van der Waals surface area contributed by atoms with Gasteiger partial charge in [-0.15, -0.1) is 0 Å². The van der Waals surface area contributed by atoms with Gasteiger partial charge in [-0.05, 0) is 30.9 Å². The number of carbonyl (C=O) groups is 1. The number of amides is 1. The highest BCUT2D eigenvalue weighted by Gasteiger charge is 2.17. The van der Waals surface area contributed by atoms with Crippen molar-refractivity contribution in [3.63, 3.8) is 0 Å². The number of aliphatic imine (C=N–C) groups is 1. The fourth-order valence-corrected chi connectivity index (χ4v) is 3.01. The second-order valence-corrected chi connectivity index (χ2v) is 6.29. The summed E-state index contributed by atoms with van der Waals surface area (Å²) in [5, 5.41) is 9.34. The predicted octanol–water partition coefficient (Wildman–Crippen LogP) is 1.93. The van der Waals surface area contributed by atoms with Gasteiger partial charge < -0.3 is 20.7 Å². The van der Waals surface area contributed by atoms with E-state index in [0.29, 0.717) is 44.5 Å². The molecular weight excluding hydrogens is 316 g/mol. The lowest BCUT2D eigenvalue weighted by Gasteiger charge is -2.13. The Hall–Kier alpha value is -2.24. The Morgan fingerprint density at radius 3 is 2.48 bits per heavy atom. The van der Waals surface area contributed by atoms with Gasteiger partial charge in [0, 0.05) is 26.6 Å². The van der Waals surface area contributed by atoms with Crippen LogP contribution < -0.4 is 20.7 Å². The van der Waals surface area contributed by atoms with Crippen LogP contribution in [0.15, 0.2) is 35.3 Å². The van der Waals surface area contributed by atoms with Crippen molar-refractivity contribution in [3.8, 4) is 5.75 Å². The number of guanidine groups is 1. The molecule has 3 N–H and O–H groups in total. The molecule has 0 saturated heterocycles. The standard InChI is InChI=1S/C19H30N4O2/c1-20-19(23-13-14-25-17-9-3-2-4-10-17)22-12-11-21-18(24)15-16-7-5-6-8-16/h2-4,9-10,16H,5-8,11-15H2,1H3,(H,21,24)(H2,20,22,23). The maximum atomic E-state index is 11.9. The van der Waals surface area contributed by atoms with Crippen LogP contribution in [0.3, 0.4) is 0 Å². The lowest BCUT2D eigenvalue weighted by atomic mass is 10.0. The highest BCUT2D eigenvalue weighted by molar-refractivity contribution is 5.79. The van der Waals surface area contributed by atoms with Crippen LogP contribution in [-0.4, -0.2) is 45.2 Å². The van der Waals surface area contributed by atoms with Crippen molar-refractivity contribution in [1.82, 2.24) is 16.0 Å². The molecular formula is C19H30N4O2. The van der Waals surface area contributed by atoms with Gasteiger partial charge in [0.1, 0.15) is 12.4 Å². The van der Waals surface area contributed by atoms with Crippen molar-refractivity contribution in [3.05, 3.63) is 30.3 Å². The van der Waals surface area contributed by atoms with Crippen molar-refractivity contribution in [2.24, 2.45) is 10.9 Å². The molecule has 1 aromatic carbocycles. The first-order valence-corrected chi connectivity index (χ1v) is 9.17. The van der Waals surface area contributed by atoms with Crippen LogP contribution in [-0.2, 0) is 4.79 Å². The predicted molar refractivity (Wildman–Crippen MR) is 101 cm³/mol. The summed E-state index contributed by atoms with van der Waals surface area (Å²) < 4.78 is 5.62. The maximum absolute atomic E-state index is 11.9. The fraction of sp³-hybridized carbons (Fsp3) is 0.579. The van der Waals surface area contributed by atoms with E-state index in [4.69, 9.17) is 4.74 Å². The molecule has 1 fully saturated rings. The van der Waals surface area contributed by atoms with E-state index >= 15 is 0 Å². The molecule has 1 aliphatic rings. The van der Waals surface area contributed by atoms with Crippen molar-refractivity contribution in [1.29, 1.82) is 0 Å². The second kappa shape index (κ2) is 11.3. The van der Waals surface area contributed by atoms with Gasteiger partial charge in [-0.25, -0.2) is 0 Å². The first kappa shape index (κ1) is 19.1. The molecule has 0 atom stereocenters. The van der Waals surface area contributed by atoms with E-state index in [1.807, 2.05) is 30.3 Å². The third-order valence-electron chi connectivity index (χ3n) is 4.32. The molecule has 1 aliphatic carbocycles. The monoisotopic (exact) mass is 346 g/mol. The molecule has 25 heavy (non-hydrogen) atoms. The first-order valence-electron chi connectivity index (χ1n) is 9.17. The van der Waals surface area contributed by atoms with Crippen molar-refractivity contribution < 1.29 is 9.53 Å². The summed E-state index contributed by atoms with van der Waals surface area (Å²) in [6.45, 7) is 2.47. The van der Waals surface area contributed by atoms with Crippen molar-refractivity contribution in [2.45, 2.75) is 32.1 Å².